The highest BCUT2D eigenvalue weighted by Gasteiger charge is 2.36. The van der Waals surface area contributed by atoms with Crippen LogP contribution in [0.15, 0.2) is 112 Å². The normalized spacial score (nSPS) is 11.9. The zero-order valence-electron chi connectivity index (χ0n) is 26.2. The Balaban J connectivity index is 1.86. The molecule has 9 nitrogen and oxygen atoms in total. The highest BCUT2D eigenvalue weighted by atomic mass is 79.9. The molecule has 4 aromatic rings. The van der Waals surface area contributed by atoms with E-state index in [1.54, 1.807) is 30.3 Å². The number of anilines is 1. The number of nitrogens with zero attached hydrogens (tertiary/aromatic N) is 2. The van der Waals surface area contributed by atoms with Gasteiger partial charge in [-0.25, -0.2) is 8.42 Å². The number of sulfonamides is 1. The number of amides is 2. The van der Waals surface area contributed by atoms with Gasteiger partial charge in [-0.15, -0.1) is 0 Å². The molecule has 0 aliphatic heterocycles. The molecule has 0 aliphatic rings. The van der Waals surface area contributed by atoms with Crippen LogP contribution in [0, 0.1) is 0 Å². The molecule has 0 fully saturated rings. The number of rotatable bonds is 14. The fourth-order valence-corrected chi connectivity index (χ4v) is 6.65. The standard InChI is InChI=1S/C35H38BrN3O6S/c1-25(2)37-35(41)32(21-26-11-7-5-8-12-26)38(23-27-15-17-28(36)18-16-27)34(40)24-39(46(42,43)30-13-9-6-10-14-30)31-22-29(44-3)19-20-33(31)45-4/h5-20,22,25,32H,21,23-24H2,1-4H3,(H,37,41)/t32-/m1/s1. The predicted octanol–water partition coefficient (Wildman–Crippen LogP) is 5.83. The third-order valence-corrected chi connectivity index (χ3v) is 9.54. The quantitative estimate of drug-likeness (QED) is 0.177. The minimum absolute atomic E-state index is 0.00878. The number of halogens is 1. The average Bonchev–Trinajstić information content (AvgIpc) is 3.06. The molecule has 0 aromatic heterocycles. The maximum atomic E-state index is 14.6. The summed E-state index contributed by atoms with van der Waals surface area (Å²) in [5, 5.41) is 2.96. The molecule has 4 rings (SSSR count). The maximum Gasteiger partial charge on any atom is 0.264 e. The molecule has 0 aliphatic carbocycles. The lowest BCUT2D eigenvalue weighted by atomic mass is 10.0. The van der Waals surface area contributed by atoms with Gasteiger partial charge in [0, 0.05) is 29.5 Å². The first-order valence-corrected chi connectivity index (χ1v) is 16.9. The van der Waals surface area contributed by atoms with Crippen molar-refractivity contribution >= 4 is 43.5 Å². The number of benzene rings is 4. The zero-order valence-corrected chi connectivity index (χ0v) is 28.6. The van der Waals surface area contributed by atoms with E-state index >= 15 is 0 Å². The van der Waals surface area contributed by atoms with Crippen LogP contribution in [-0.2, 0) is 32.6 Å². The topological polar surface area (TPSA) is 105 Å². The summed E-state index contributed by atoms with van der Waals surface area (Å²) in [6.45, 7) is 3.14. The van der Waals surface area contributed by atoms with Gasteiger partial charge in [0.2, 0.25) is 11.8 Å². The highest BCUT2D eigenvalue weighted by Crippen LogP contribution is 2.36. The Bertz CT molecular complexity index is 1720. The van der Waals surface area contributed by atoms with Gasteiger partial charge < -0.3 is 19.7 Å². The molecule has 0 saturated carbocycles. The molecule has 0 unspecified atom stereocenters. The summed E-state index contributed by atoms with van der Waals surface area (Å²) in [7, 11) is -1.41. The molecular weight excluding hydrogens is 670 g/mol. The molecule has 1 N–H and O–H groups in total. The van der Waals surface area contributed by atoms with Gasteiger partial charge in [-0.2, -0.15) is 0 Å². The Morgan fingerprint density at radius 2 is 1.46 bits per heavy atom. The first-order chi connectivity index (χ1) is 22.0. The minimum Gasteiger partial charge on any atom is -0.497 e. The van der Waals surface area contributed by atoms with Crippen molar-refractivity contribution in [2.24, 2.45) is 0 Å². The van der Waals surface area contributed by atoms with Crippen LogP contribution in [0.5, 0.6) is 11.5 Å². The molecule has 46 heavy (non-hydrogen) atoms. The third kappa shape index (κ3) is 8.67. The maximum absolute atomic E-state index is 14.6. The van der Waals surface area contributed by atoms with Crippen molar-refractivity contribution in [3.8, 4) is 11.5 Å². The molecule has 0 heterocycles. The molecule has 4 aromatic carbocycles. The second-order valence-electron chi connectivity index (χ2n) is 10.9. The van der Waals surface area contributed by atoms with Crippen molar-refractivity contribution in [1.82, 2.24) is 10.2 Å². The van der Waals surface area contributed by atoms with Crippen LogP contribution in [0.4, 0.5) is 5.69 Å². The van der Waals surface area contributed by atoms with Crippen molar-refractivity contribution in [1.29, 1.82) is 0 Å². The largest absolute Gasteiger partial charge is 0.497 e. The van der Waals surface area contributed by atoms with E-state index in [4.69, 9.17) is 9.47 Å². The first-order valence-electron chi connectivity index (χ1n) is 14.7. The summed E-state index contributed by atoms with van der Waals surface area (Å²) in [4.78, 5) is 29.9. The van der Waals surface area contributed by atoms with Crippen LogP contribution in [0.3, 0.4) is 0 Å². The molecule has 1 atom stereocenters. The second-order valence-corrected chi connectivity index (χ2v) is 13.7. The van der Waals surface area contributed by atoms with Crippen LogP contribution in [0.2, 0.25) is 0 Å². The van der Waals surface area contributed by atoms with Crippen LogP contribution in [0.1, 0.15) is 25.0 Å². The monoisotopic (exact) mass is 707 g/mol. The highest BCUT2D eigenvalue weighted by molar-refractivity contribution is 9.10. The lowest BCUT2D eigenvalue weighted by molar-refractivity contribution is -0.140. The summed E-state index contributed by atoms with van der Waals surface area (Å²) < 4.78 is 41.4. The Hall–Kier alpha value is -4.35. The Labute approximate surface area is 279 Å². The van der Waals surface area contributed by atoms with Gasteiger partial charge >= 0.3 is 0 Å². The number of carbonyl (C=O) groups excluding carboxylic acids is 2. The fourth-order valence-electron chi connectivity index (χ4n) is 4.95. The molecular formula is C35H38BrN3O6S. The molecule has 242 valence electrons. The van der Waals surface area contributed by atoms with Gasteiger partial charge in [0.1, 0.15) is 24.1 Å². The van der Waals surface area contributed by atoms with E-state index in [9.17, 15) is 18.0 Å². The lowest BCUT2D eigenvalue weighted by Crippen LogP contribution is -2.54. The zero-order chi connectivity index (χ0) is 33.3. The van der Waals surface area contributed by atoms with Crippen molar-refractivity contribution in [3.63, 3.8) is 0 Å². The van der Waals surface area contributed by atoms with E-state index in [-0.39, 0.29) is 41.2 Å². The SMILES string of the molecule is COc1ccc(OC)c(N(CC(=O)N(Cc2ccc(Br)cc2)[C@H](Cc2ccccc2)C(=O)NC(C)C)S(=O)(=O)c2ccccc2)c1. The van der Waals surface area contributed by atoms with Gasteiger partial charge in [-0.05, 0) is 61.4 Å². The summed E-state index contributed by atoms with van der Waals surface area (Å²) >= 11 is 3.45. The van der Waals surface area contributed by atoms with Crippen LogP contribution >= 0.6 is 15.9 Å². The third-order valence-electron chi connectivity index (χ3n) is 7.23. The van der Waals surface area contributed by atoms with Gasteiger partial charge in [0.05, 0.1) is 24.8 Å². The molecule has 2 amide bonds. The molecule has 0 saturated heterocycles. The van der Waals surface area contributed by atoms with Gasteiger partial charge in [-0.1, -0.05) is 76.6 Å². The Kier molecular flexibility index (Phi) is 11.8. The smallest absolute Gasteiger partial charge is 0.264 e. The first kappa shape index (κ1) is 34.5. The van der Waals surface area contributed by atoms with Gasteiger partial charge in [-0.3, -0.25) is 13.9 Å². The van der Waals surface area contributed by atoms with E-state index in [0.717, 1.165) is 19.9 Å². The molecule has 11 heteroatoms. The summed E-state index contributed by atoms with van der Waals surface area (Å²) in [5.41, 5.74) is 1.74. The summed E-state index contributed by atoms with van der Waals surface area (Å²) in [5.74, 6) is -0.319. The number of nitrogens with one attached hydrogen (secondary N) is 1. The van der Waals surface area contributed by atoms with Crippen molar-refractivity contribution in [2.45, 2.75) is 43.8 Å². The van der Waals surface area contributed by atoms with E-state index in [0.29, 0.717) is 5.75 Å². The average molecular weight is 709 g/mol. The van der Waals surface area contributed by atoms with E-state index in [1.807, 2.05) is 68.4 Å². The number of hydrogen-bond donors (Lipinski definition) is 1. The number of carbonyl (C=O) groups is 2. The molecule has 0 radical (unpaired) electrons. The van der Waals surface area contributed by atoms with Crippen molar-refractivity contribution in [2.75, 3.05) is 25.1 Å². The fraction of sp³-hybridized carbons (Fsp3) is 0.257. The van der Waals surface area contributed by atoms with Crippen LogP contribution in [-0.4, -0.2) is 58.0 Å². The number of hydrogen-bond acceptors (Lipinski definition) is 6. The summed E-state index contributed by atoms with van der Waals surface area (Å²) in [6.07, 6.45) is 0.218. The van der Waals surface area contributed by atoms with E-state index in [1.165, 1.54) is 37.3 Å². The van der Waals surface area contributed by atoms with Gasteiger partial charge in [0.25, 0.3) is 10.0 Å². The van der Waals surface area contributed by atoms with Crippen LogP contribution < -0.4 is 19.1 Å². The predicted molar refractivity (Wildman–Crippen MR) is 182 cm³/mol. The van der Waals surface area contributed by atoms with E-state index in [2.05, 4.69) is 21.2 Å². The molecule has 0 spiro atoms. The second kappa shape index (κ2) is 15.8. The minimum atomic E-state index is -4.30. The van der Waals surface area contributed by atoms with Crippen molar-refractivity contribution in [3.05, 3.63) is 119 Å². The number of methoxy groups -OCH3 is 2. The molecule has 0 bridgehead atoms. The van der Waals surface area contributed by atoms with Crippen molar-refractivity contribution < 1.29 is 27.5 Å². The Morgan fingerprint density at radius 1 is 0.826 bits per heavy atom. The van der Waals surface area contributed by atoms with Crippen LogP contribution in [0.25, 0.3) is 0 Å². The lowest BCUT2D eigenvalue weighted by Gasteiger charge is -2.34. The summed E-state index contributed by atoms with van der Waals surface area (Å²) in [6, 6.07) is 28.3. The van der Waals surface area contributed by atoms with Gasteiger partial charge in [0.15, 0.2) is 0 Å². The Morgan fingerprint density at radius 3 is 2.04 bits per heavy atom. The number of ether oxygens (including phenoxy) is 2. The van der Waals surface area contributed by atoms with E-state index < -0.39 is 28.5 Å².